The number of aromatic nitrogens is 1. The molecule has 0 spiro atoms. The maximum Gasteiger partial charge on any atom is 0.308 e. The number of rotatable bonds is 5. The van der Waals surface area contributed by atoms with Crippen molar-refractivity contribution in [2.24, 2.45) is 5.92 Å². The summed E-state index contributed by atoms with van der Waals surface area (Å²) in [6.45, 7) is 3.17. The average Bonchev–Trinajstić information content (AvgIpc) is 3.40. The lowest BCUT2D eigenvalue weighted by Gasteiger charge is -2.31. The minimum absolute atomic E-state index is 0.0544. The van der Waals surface area contributed by atoms with Crippen molar-refractivity contribution in [1.82, 2.24) is 9.47 Å². The number of thioether (sulfide) groups is 1. The van der Waals surface area contributed by atoms with Crippen LogP contribution in [-0.4, -0.2) is 57.7 Å². The number of anilines is 1. The van der Waals surface area contributed by atoms with Crippen molar-refractivity contribution >= 4 is 46.5 Å². The van der Waals surface area contributed by atoms with Gasteiger partial charge in [-0.1, -0.05) is 46.9 Å². The molecule has 2 aromatic carbocycles. The first-order valence-corrected chi connectivity index (χ1v) is 15.0. The number of amides is 3. The summed E-state index contributed by atoms with van der Waals surface area (Å²) in [7, 11) is 1.44. The van der Waals surface area contributed by atoms with Crippen molar-refractivity contribution < 1.29 is 24.2 Å². The number of ether oxygens (including phenoxy) is 1. The van der Waals surface area contributed by atoms with Gasteiger partial charge in [0, 0.05) is 23.9 Å². The van der Waals surface area contributed by atoms with Crippen molar-refractivity contribution in [2.75, 3.05) is 25.1 Å². The molecule has 208 valence electrons. The lowest BCUT2D eigenvalue weighted by Crippen LogP contribution is -2.39. The van der Waals surface area contributed by atoms with E-state index in [4.69, 9.17) is 4.74 Å². The average molecular weight is 580 g/mol. The Morgan fingerprint density at radius 3 is 2.45 bits per heavy atom. The standard InChI is InChI=1S/C29H29N3O6S2/c1-16-6-9-18(10-7-16)32-26(35)23-22(17-8-11-19(33)20(14-17)38-2)25-28(39-24(23)27(32)36)31(29(37)40-25)15-21(34)30-12-4-3-5-13-30/h6-11,14,22-24,33H,3-5,12-13,15H2,1-2H3. The zero-order valence-corrected chi connectivity index (χ0v) is 23.8. The van der Waals surface area contributed by atoms with Crippen molar-refractivity contribution in [3.8, 4) is 11.5 Å². The number of hydrogen-bond acceptors (Lipinski definition) is 8. The third kappa shape index (κ3) is 4.41. The van der Waals surface area contributed by atoms with Crippen molar-refractivity contribution in [3.05, 3.63) is 68.1 Å². The monoisotopic (exact) mass is 579 g/mol. The van der Waals surface area contributed by atoms with Crippen molar-refractivity contribution in [2.45, 2.75) is 48.9 Å². The Kier molecular flexibility index (Phi) is 6.95. The number of aromatic hydroxyl groups is 1. The molecular formula is C29H29N3O6S2. The van der Waals surface area contributed by atoms with Crippen LogP contribution in [0.25, 0.3) is 0 Å². The predicted octanol–water partition coefficient (Wildman–Crippen LogP) is 3.74. The van der Waals surface area contributed by atoms with E-state index in [0.717, 1.165) is 36.2 Å². The van der Waals surface area contributed by atoms with Gasteiger partial charge in [-0.15, -0.1) is 0 Å². The van der Waals surface area contributed by atoms with Gasteiger partial charge in [0.05, 0.1) is 23.7 Å². The number of nitrogens with zero attached hydrogens (tertiary/aromatic N) is 3. The Bertz CT molecular complexity index is 1560. The molecule has 3 aliphatic heterocycles. The summed E-state index contributed by atoms with van der Waals surface area (Å²) in [6.07, 6.45) is 2.97. The van der Waals surface area contributed by atoms with E-state index in [9.17, 15) is 24.3 Å². The van der Waals surface area contributed by atoms with Gasteiger partial charge in [-0.25, -0.2) is 4.90 Å². The van der Waals surface area contributed by atoms with Crippen LogP contribution in [0, 0.1) is 12.8 Å². The van der Waals surface area contributed by atoms with Crippen LogP contribution in [0.15, 0.2) is 52.3 Å². The Morgan fingerprint density at radius 1 is 1.02 bits per heavy atom. The number of imide groups is 1. The number of fused-ring (bicyclic) bond motifs is 2. The molecule has 3 aromatic rings. The third-order valence-electron chi connectivity index (χ3n) is 7.91. The van der Waals surface area contributed by atoms with Gasteiger partial charge in [-0.05, 0) is 56.0 Å². The number of phenolic OH excluding ortho intramolecular Hbond substituents is 1. The van der Waals surface area contributed by atoms with E-state index >= 15 is 0 Å². The molecule has 3 aliphatic rings. The molecule has 4 heterocycles. The van der Waals surface area contributed by atoms with E-state index in [-0.39, 0.29) is 40.6 Å². The zero-order chi connectivity index (χ0) is 28.1. The Balaban J connectivity index is 1.46. The highest BCUT2D eigenvalue weighted by Gasteiger charge is 2.57. The molecule has 3 unspecified atom stereocenters. The quantitative estimate of drug-likeness (QED) is 0.459. The Labute approximate surface area is 239 Å². The van der Waals surface area contributed by atoms with Gasteiger partial charge in [0.15, 0.2) is 11.5 Å². The number of piperidine rings is 1. The maximum absolute atomic E-state index is 14.0. The van der Waals surface area contributed by atoms with E-state index in [0.29, 0.717) is 34.2 Å². The number of carbonyl (C=O) groups is 3. The lowest BCUT2D eigenvalue weighted by atomic mass is 9.83. The van der Waals surface area contributed by atoms with Crippen LogP contribution in [0.4, 0.5) is 5.69 Å². The van der Waals surface area contributed by atoms with Gasteiger partial charge in [0.2, 0.25) is 17.7 Å². The first-order valence-electron chi connectivity index (χ1n) is 13.3. The molecule has 0 radical (unpaired) electrons. The summed E-state index contributed by atoms with van der Waals surface area (Å²) in [5.74, 6) is -2.04. The van der Waals surface area contributed by atoms with Gasteiger partial charge >= 0.3 is 4.87 Å². The molecule has 6 rings (SSSR count). The van der Waals surface area contributed by atoms with Gasteiger partial charge in [0.25, 0.3) is 0 Å². The SMILES string of the molecule is COc1cc(C2c3sc(=O)n(CC(=O)N4CCCCC4)c3SC3C(=O)N(c4ccc(C)cc4)C(=O)C32)ccc1O. The second kappa shape index (κ2) is 10.4. The number of aryl methyl sites for hydroxylation is 1. The van der Waals surface area contributed by atoms with Crippen molar-refractivity contribution in [3.63, 3.8) is 0 Å². The van der Waals surface area contributed by atoms with E-state index in [1.54, 1.807) is 29.2 Å². The molecule has 1 aromatic heterocycles. The number of likely N-dealkylation sites (tertiary alicyclic amines) is 1. The molecule has 0 bridgehead atoms. The topological polar surface area (TPSA) is 109 Å². The van der Waals surface area contributed by atoms with Crippen LogP contribution in [-0.2, 0) is 20.9 Å². The molecule has 3 atom stereocenters. The van der Waals surface area contributed by atoms with Crippen LogP contribution in [0.5, 0.6) is 11.5 Å². The Hall–Kier alpha value is -3.57. The highest BCUT2D eigenvalue weighted by atomic mass is 32.2. The summed E-state index contributed by atoms with van der Waals surface area (Å²) >= 11 is 2.21. The molecule has 1 N–H and O–H groups in total. The smallest absolute Gasteiger partial charge is 0.308 e. The zero-order valence-electron chi connectivity index (χ0n) is 22.2. The van der Waals surface area contributed by atoms with E-state index in [2.05, 4.69) is 0 Å². The van der Waals surface area contributed by atoms with Crippen LogP contribution in [0.2, 0.25) is 0 Å². The number of benzene rings is 2. The molecule has 40 heavy (non-hydrogen) atoms. The molecule has 9 nitrogen and oxygen atoms in total. The Morgan fingerprint density at radius 2 is 1.75 bits per heavy atom. The predicted molar refractivity (Wildman–Crippen MR) is 152 cm³/mol. The number of methoxy groups -OCH3 is 1. The first-order chi connectivity index (χ1) is 19.3. The summed E-state index contributed by atoms with van der Waals surface area (Å²) < 4.78 is 6.81. The van der Waals surface area contributed by atoms with E-state index in [1.807, 2.05) is 19.1 Å². The highest BCUT2D eigenvalue weighted by molar-refractivity contribution is 8.00. The van der Waals surface area contributed by atoms with Crippen LogP contribution in [0.3, 0.4) is 0 Å². The minimum Gasteiger partial charge on any atom is -0.504 e. The largest absolute Gasteiger partial charge is 0.504 e. The fraction of sp³-hybridized carbons (Fsp3) is 0.379. The molecule has 11 heteroatoms. The number of hydrogen-bond donors (Lipinski definition) is 1. The molecule has 0 aliphatic carbocycles. The summed E-state index contributed by atoms with van der Waals surface area (Å²) in [5, 5.41) is 10.0. The fourth-order valence-corrected chi connectivity index (χ4v) is 8.60. The minimum atomic E-state index is -0.781. The second-order valence-corrected chi connectivity index (χ2v) is 12.5. The molecular weight excluding hydrogens is 550 g/mol. The van der Waals surface area contributed by atoms with E-state index < -0.39 is 17.1 Å². The lowest BCUT2D eigenvalue weighted by molar-refractivity contribution is -0.133. The highest BCUT2D eigenvalue weighted by Crippen LogP contribution is 2.54. The van der Waals surface area contributed by atoms with E-state index in [1.165, 1.54) is 34.4 Å². The molecule has 2 fully saturated rings. The summed E-state index contributed by atoms with van der Waals surface area (Å²) in [4.78, 5) is 57.7. The van der Waals surface area contributed by atoms with Gasteiger partial charge in [-0.3, -0.25) is 23.7 Å². The summed E-state index contributed by atoms with van der Waals surface area (Å²) in [5.41, 5.74) is 2.15. The van der Waals surface area contributed by atoms with Gasteiger partial charge in [-0.2, -0.15) is 0 Å². The van der Waals surface area contributed by atoms with Crippen LogP contribution < -0.4 is 14.5 Å². The van der Waals surface area contributed by atoms with Gasteiger partial charge < -0.3 is 14.7 Å². The van der Waals surface area contributed by atoms with Crippen LogP contribution in [0.1, 0.15) is 41.2 Å². The van der Waals surface area contributed by atoms with Gasteiger partial charge in [0.1, 0.15) is 11.8 Å². The summed E-state index contributed by atoms with van der Waals surface area (Å²) in [6, 6.07) is 12.1. The number of carbonyl (C=O) groups excluding carboxylic acids is 3. The second-order valence-electron chi connectivity index (χ2n) is 10.4. The fourth-order valence-electron chi connectivity index (χ4n) is 5.83. The number of thiazole rings is 1. The number of phenols is 1. The molecule has 2 saturated heterocycles. The maximum atomic E-state index is 14.0. The molecule has 3 amide bonds. The third-order valence-corrected chi connectivity index (χ3v) is 10.5. The first kappa shape index (κ1) is 26.6. The van der Waals surface area contributed by atoms with Crippen molar-refractivity contribution in [1.29, 1.82) is 0 Å². The van der Waals surface area contributed by atoms with Crippen LogP contribution >= 0.6 is 23.1 Å². The normalized spacial score (nSPS) is 22.3. The molecule has 0 saturated carbocycles.